The number of amides is 1. The first kappa shape index (κ1) is 19.6. The van der Waals surface area contributed by atoms with Crippen LogP contribution in [0.3, 0.4) is 0 Å². The number of hydrogen-bond donors (Lipinski definition) is 0. The van der Waals surface area contributed by atoms with E-state index in [1.54, 1.807) is 31.0 Å². The summed E-state index contributed by atoms with van der Waals surface area (Å²) in [5.74, 6) is 2.25. The van der Waals surface area contributed by atoms with Crippen molar-refractivity contribution >= 4 is 11.7 Å². The van der Waals surface area contributed by atoms with E-state index in [-0.39, 0.29) is 17.9 Å². The zero-order valence-corrected chi connectivity index (χ0v) is 17.3. The molecule has 2 aliphatic rings. The van der Waals surface area contributed by atoms with Crippen molar-refractivity contribution in [2.24, 2.45) is 5.92 Å². The Bertz CT molecular complexity index is 1050. The maximum absolute atomic E-state index is 13.2. The number of aryl methyl sites for hydroxylation is 1. The second-order valence-corrected chi connectivity index (χ2v) is 7.75. The summed E-state index contributed by atoms with van der Waals surface area (Å²) >= 11 is 0. The van der Waals surface area contributed by atoms with Crippen LogP contribution in [0.1, 0.15) is 36.8 Å². The van der Waals surface area contributed by atoms with Gasteiger partial charge >= 0.3 is 0 Å². The molecule has 0 aromatic carbocycles. The van der Waals surface area contributed by atoms with Gasteiger partial charge in [0.1, 0.15) is 17.7 Å². The van der Waals surface area contributed by atoms with Crippen molar-refractivity contribution in [2.45, 2.75) is 32.2 Å². The van der Waals surface area contributed by atoms with Crippen molar-refractivity contribution in [3.05, 3.63) is 54.8 Å². The number of aromatic nitrogens is 6. The summed E-state index contributed by atoms with van der Waals surface area (Å²) in [6, 6.07) is 1.74. The normalized spacial score (nSPS) is 19.7. The van der Waals surface area contributed by atoms with E-state index in [0.29, 0.717) is 12.6 Å². The first-order valence-electron chi connectivity index (χ1n) is 10.5. The lowest BCUT2D eigenvalue weighted by Crippen LogP contribution is -2.42. The molecule has 1 amide bonds. The van der Waals surface area contributed by atoms with Crippen LogP contribution < -0.4 is 4.90 Å². The van der Waals surface area contributed by atoms with Gasteiger partial charge in [-0.15, -0.1) is 0 Å². The highest BCUT2D eigenvalue weighted by molar-refractivity contribution is 5.78. The quantitative estimate of drug-likeness (QED) is 0.630. The standard InChI is InChI=1S/C21H24N8O2/c1-15-23-9-12-28(15)21-25-6-2-19(26-21)27-10-3-16(4-11-27)20(30)29-18(5-13-31-29)17-14-22-7-8-24-17/h2,6-9,12,14,16,18H,3-5,10-11,13H2,1H3/t18-/m0/s1. The number of imidazole rings is 1. The number of carbonyl (C=O) groups is 1. The van der Waals surface area contributed by atoms with Gasteiger partial charge in [-0.2, -0.15) is 4.98 Å². The van der Waals surface area contributed by atoms with Crippen LogP contribution in [0.4, 0.5) is 5.82 Å². The number of rotatable bonds is 4. The van der Waals surface area contributed by atoms with E-state index >= 15 is 0 Å². The Hall–Kier alpha value is -3.40. The molecular formula is C21H24N8O2. The van der Waals surface area contributed by atoms with Gasteiger partial charge in [0.2, 0.25) is 11.9 Å². The van der Waals surface area contributed by atoms with Gasteiger partial charge in [-0.3, -0.25) is 24.2 Å². The second-order valence-electron chi connectivity index (χ2n) is 7.75. The Kier molecular flexibility index (Phi) is 5.29. The minimum absolute atomic E-state index is 0.0326. The molecule has 1 atom stereocenters. The van der Waals surface area contributed by atoms with Gasteiger partial charge in [-0.1, -0.05) is 0 Å². The molecule has 3 aromatic heterocycles. The maximum atomic E-state index is 13.2. The van der Waals surface area contributed by atoms with Crippen molar-refractivity contribution in [3.8, 4) is 5.95 Å². The summed E-state index contributed by atoms with van der Waals surface area (Å²) in [5.41, 5.74) is 0.772. The topological polar surface area (TPSA) is 102 Å². The average Bonchev–Trinajstić information content (AvgIpc) is 3.49. The van der Waals surface area contributed by atoms with Gasteiger partial charge in [0.15, 0.2) is 0 Å². The van der Waals surface area contributed by atoms with Crippen LogP contribution >= 0.6 is 0 Å². The minimum Gasteiger partial charge on any atom is -0.356 e. The fourth-order valence-electron chi connectivity index (χ4n) is 4.19. The molecule has 10 heteroatoms. The highest BCUT2D eigenvalue weighted by atomic mass is 16.7. The fourth-order valence-corrected chi connectivity index (χ4v) is 4.19. The summed E-state index contributed by atoms with van der Waals surface area (Å²) < 4.78 is 1.86. The monoisotopic (exact) mass is 420 g/mol. The van der Waals surface area contributed by atoms with Crippen molar-refractivity contribution in [3.63, 3.8) is 0 Å². The lowest BCUT2D eigenvalue weighted by Gasteiger charge is -2.34. The number of carbonyl (C=O) groups excluding carboxylic acids is 1. The van der Waals surface area contributed by atoms with E-state index < -0.39 is 0 Å². The van der Waals surface area contributed by atoms with E-state index in [1.165, 1.54) is 5.06 Å². The molecule has 31 heavy (non-hydrogen) atoms. The summed E-state index contributed by atoms with van der Waals surface area (Å²) in [6.45, 7) is 3.93. The summed E-state index contributed by atoms with van der Waals surface area (Å²) in [5, 5.41) is 1.52. The van der Waals surface area contributed by atoms with Crippen LogP contribution in [0.25, 0.3) is 5.95 Å². The zero-order valence-electron chi connectivity index (χ0n) is 17.3. The molecule has 0 bridgehead atoms. The highest BCUT2D eigenvalue weighted by Crippen LogP contribution is 2.32. The maximum Gasteiger partial charge on any atom is 0.250 e. The van der Waals surface area contributed by atoms with E-state index in [2.05, 4.69) is 24.8 Å². The van der Waals surface area contributed by atoms with Crippen LogP contribution in [0.15, 0.2) is 43.2 Å². The number of piperidine rings is 1. The van der Waals surface area contributed by atoms with E-state index in [9.17, 15) is 4.79 Å². The van der Waals surface area contributed by atoms with Crippen LogP contribution in [0, 0.1) is 12.8 Å². The third-order valence-electron chi connectivity index (χ3n) is 5.88. The van der Waals surface area contributed by atoms with E-state index in [4.69, 9.17) is 9.82 Å². The largest absolute Gasteiger partial charge is 0.356 e. The molecule has 5 heterocycles. The molecule has 0 N–H and O–H groups in total. The molecule has 0 radical (unpaired) electrons. The molecule has 2 fully saturated rings. The Morgan fingerprint density at radius 3 is 2.68 bits per heavy atom. The number of anilines is 1. The number of nitrogens with zero attached hydrogens (tertiary/aromatic N) is 8. The van der Waals surface area contributed by atoms with Gasteiger partial charge in [0.05, 0.1) is 18.5 Å². The molecule has 10 nitrogen and oxygen atoms in total. The molecule has 2 aliphatic heterocycles. The van der Waals surface area contributed by atoms with Gasteiger partial charge in [-0.25, -0.2) is 15.0 Å². The van der Waals surface area contributed by atoms with Gasteiger partial charge < -0.3 is 4.90 Å². The third kappa shape index (κ3) is 3.86. The highest BCUT2D eigenvalue weighted by Gasteiger charge is 2.37. The predicted octanol–water partition coefficient (Wildman–Crippen LogP) is 1.88. The molecule has 0 aliphatic carbocycles. The molecule has 2 saturated heterocycles. The van der Waals surface area contributed by atoms with Crippen molar-refractivity contribution in [1.82, 2.24) is 34.6 Å². The SMILES string of the molecule is Cc1nccn1-c1nccc(N2CCC(C(=O)N3OCC[C@H]3c3cnccn3)CC2)n1. The van der Waals surface area contributed by atoms with Crippen LogP contribution in [-0.4, -0.2) is 60.2 Å². The van der Waals surface area contributed by atoms with E-state index in [1.807, 2.05) is 23.8 Å². The van der Waals surface area contributed by atoms with Crippen LogP contribution in [0.2, 0.25) is 0 Å². The fraction of sp³-hybridized carbons (Fsp3) is 0.429. The van der Waals surface area contributed by atoms with Gasteiger partial charge in [0, 0.05) is 56.4 Å². The van der Waals surface area contributed by atoms with Gasteiger partial charge in [0.25, 0.3) is 0 Å². The number of hydroxylamine groups is 2. The first-order valence-corrected chi connectivity index (χ1v) is 10.5. The summed E-state index contributed by atoms with van der Waals surface area (Å²) in [6.07, 6.45) is 12.6. The lowest BCUT2D eigenvalue weighted by molar-refractivity contribution is -0.182. The Labute approximate surface area is 179 Å². The van der Waals surface area contributed by atoms with Crippen molar-refractivity contribution in [2.75, 3.05) is 24.6 Å². The Morgan fingerprint density at radius 1 is 1.06 bits per heavy atom. The molecule has 0 spiro atoms. The third-order valence-corrected chi connectivity index (χ3v) is 5.88. The Balaban J connectivity index is 1.25. The van der Waals surface area contributed by atoms with Crippen LogP contribution in [0.5, 0.6) is 0 Å². The molecule has 0 unspecified atom stereocenters. The van der Waals surface area contributed by atoms with Crippen molar-refractivity contribution in [1.29, 1.82) is 0 Å². The first-order chi connectivity index (χ1) is 15.2. The van der Waals surface area contributed by atoms with Gasteiger partial charge in [-0.05, 0) is 25.8 Å². The lowest BCUT2D eigenvalue weighted by atomic mass is 9.95. The van der Waals surface area contributed by atoms with E-state index in [0.717, 1.165) is 49.7 Å². The molecule has 0 saturated carbocycles. The number of hydrogen-bond acceptors (Lipinski definition) is 8. The molecule has 5 rings (SSSR count). The molecule has 160 valence electrons. The zero-order chi connectivity index (χ0) is 21.2. The smallest absolute Gasteiger partial charge is 0.250 e. The summed E-state index contributed by atoms with van der Waals surface area (Å²) in [4.78, 5) is 42.9. The van der Waals surface area contributed by atoms with Crippen molar-refractivity contribution < 1.29 is 9.63 Å². The van der Waals surface area contributed by atoms with Crippen LogP contribution in [-0.2, 0) is 9.63 Å². The average molecular weight is 420 g/mol. The second kappa shape index (κ2) is 8.38. The molecular weight excluding hydrogens is 396 g/mol. The minimum atomic E-state index is -0.165. The molecule has 3 aromatic rings. The Morgan fingerprint density at radius 2 is 1.94 bits per heavy atom. The summed E-state index contributed by atoms with van der Waals surface area (Å²) in [7, 11) is 0. The predicted molar refractivity (Wildman–Crippen MR) is 111 cm³/mol.